The molecule has 5 fully saturated rings. The van der Waals surface area contributed by atoms with Crippen LogP contribution in [-0.2, 0) is 9.59 Å². The molecule has 3 nitrogen and oxygen atoms in total. The second kappa shape index (κ2) is 4.72. The molecule has 9 atom stereocenters. The largest absolute Gasteiger partial charge is 0.307 e. The number of fused-ring (bicyclic) bond motifs is 8. The highest BCUT2D eigenvalue weighted by atomic mass is 16.1. The van der Waals surface area contributed by atoms with Gasteiger partial charge >= 0.3 is 0 Å². The Bertz CT molecular complexity index is 615. The van der Waals surface area contributed by atoms with Crippen LogP contribution in [0.15, 0.2) is 0 Å². The van der Waals surface area contributed by atoms with Gasteiger partial charge in [0, 0.05) is 30.8 Å². The minimum absolute atomic E-state index is 0.186. The van der Waals surface area contributed by atoms with Crippen molar-refractivity contribution in [3.05, 3.63) is 0 Å². The zero-order chi connectivity index (χ0) is 16.9. The molecular weight excluding hydrogens is 298 g/mol. The van der Waals surface area contributed by atoms with Crippen LogP contribution in [0.25, 0.3) is 0 Å². The van der Waals surface area contributed by atoms with Crippen LogP contribution in [-0.4, -0.2) is 23.7 Å². The van der Waals surface area contributed by atoms with E-state index in [4.69, 9.17) is 0 Å². The van der Waals surface area contributed by atoms with E-state index in [-0.39, 0.29) is 11.3 Å². The second-order valence-electron chi connectivity index (χ2n) is 10.1. The number of hydrogen-bond donors (Lipinski definition) is 1. The standard InChI is InChI=1S/C21H31NO2/c1-11(23)15-6-7-16-14-5-4-12-10-13(24)8-9-20(12,2)17(14)18-19(22-18)21(15,16)3/h12,14-19,22H,4-10H2,1-3H3/t12?,14-,15+,16-,17+,18-,19-,20-,21+/m0/s1. The summed E-state index contributed by atoms with van der Waals surface area (Å²) in [5.74, 6) is 4.00. The Labute approximate surface area is 145 Å². The molecule has 1 saturated heterocycles. The molecule has 132 valence electrons. The molecule has 0 spiro atoms. The van der Waals surface area contributed by atoms with E-state index in [2.05, 4.69) is 19.2 Å². The van der Waals surface area contributed by atoms with Crippen molar-refractivity contribution in [1.29, 1.82) is 0 Å². The molecule has 1 N–H and O–H groups in total. The zero-order valence-electron chi connectivity index (χ0n) is 15.3. The van der Waals surface area contributed by atoms with Gasteiger partial charge in [0.1, 0.15) is 11.6 Å². The summed E-state index contributed by atoms with van der Waals surface area (Å²) >= 11 is 0. The van der Waals surface area contributed by atoms with Crippen LogP contribution in [0.3, 0.4) is 0 Å². The average molecular weight is 329 g/mol. The van der Waals surface area contributed by atoms with E-state index >= 15 is 0 Å². The normalized spacial score (nSPS) is 58.3. The molecule has 0 bridgehead atoms. The Morgan fingerprint density at radius 2 is 1.96 bits per heavy atom. The van der Waals surface area contributed by atoms with Crippen molar-refractivity contribution >= 4 is 11.6 Å². The maximum atomic E-state index is 12.3. The third-order valence-electron chi connectivity index (χ3n) is 9.42. The number of nitrogens with one attached hydrogen (secondary N) is 1. The summed E-state index contributed by atoms with van der Waals surface area (Å²) in [7, 11) is 0. The van der Waals surface area contributed by atoms with Crippen molar-refractivity contribution in [3.8, 4) is 0 Å². The predicted molar refractivity (Wildman–Crippen MR) is 92.4 cm³/mol. The quantitative estimate of drug-likeness (QED) is 0.751. The predicted octanol–water partition coefficient (Wildman–Crippen LogP) is 3.36. The van der Waals surface area contributed by atoms with Crippen molar-refractivity contribution in [3.63, 3.8) is 0 Å². The molecule has 1 heterocycles. The third kappa shape index (κ3) is 1.73. The number of hydrogen-bond acceptors (Lipinski definition) is 3. The van der Waals surface area contributed by atoms with E-state index in [1.165, 1.54) is 19.3 Å². The van der Waals surface area contributed by atoms with E-state index in [9.17, 15) is 9.59 Å². The SMILES string of the molecule is CC(=O)[C@H]1CC[C@H]2[C@@H]3CCC4CC(=O)CC[C@]4(C)[C@H]3[C@@H]3N[C@@H]3[C@]12C. The smallest absolute Gasteiger partial charge is 0.133 e. The topological polar surface area (TPSA) is 56.1 Å². The maximum absolute atomic E-state index is 12.3. The van der Waals surface area contributed by atoms with Crippen LogP contribution in [0.4, 0.5) is 0 Å². The lowest BCUT2D eigenvalue weighted by molar-refractivity contribution is -0.138. The van der Waals surface area contributed by atoms with Gasteiger partial charge in [-0.2, -0.15) is 0 Å². The molecule has 5 aliphatic rings. The molecule has 0 amide bonds. The fraction of sp³-hybridized carbons (Fsp3) is 0.905. The van der Waals surface area contributed by atoms with Crippen molar-refractivity contribution in [2.75, 3.05) is 0 Å². The molecule has 24 heavy (non-hydrogen) atoms. The van der Waals surface area contributed by atoms with Gasteiger partial charge in [-0.15, -0.1) is 0 Å². The van der Waals surface area contributed by atoms with Gasteiger partial charge in [0.15, 0.2) is 0 Å². The summed E-state index contributed by atoms with van der Waals surface area (Å²) in [5.41, 5.74) is 0.532. The third-order valence-corrected chi connectivity index (χ3v) is 9.42. The molecule has 3 heteroatoms. The maximum Gasteiger partial charge on any atom is 0.133 e. The van der Waals surface area contributed by atoms with E-state index in [1.54, 1.807) is 0 Å². The van der Waals surface area contributed by atoms with Gasteiger partial charge in [-0.1, -0.05) is 13.8 Å². The van der Waals surface area contributed by atoms with Crippen LogP contribution in [0, 0.1) is 40.4 Å². The minimum Gasteiger partial charge on any atom is -0.307 e. The van der Waals surface area contributed by atoms with Gasteiger partial charge in [-0.05, 0) is 73.5 Å². The second-order valence-corrected chi connectivity index (χ2v) is 10.1. The summed E-state index contributed by atoms with van der Waals surface area (Å²) in [4.78, 5) is 24.3. The molecule has 0 aromatic heterocycles. The van der Waals surface area contributed by atoms with Gasteiger partial charge in [0.05, 0.1) is 0 Å². The first-order valence-corrected chi connectivity index (χ1v) is 10.2. The molecule has 4 saturated carbocycles. The van der Waals surface area contributed by atoms with Gasteiger partial charge in [0.2, 0.25) is 0 Å². The van der Waals surface area contributed by atoms with Crippen molar-refractivity contribution in [2.24, 2.45) is 40.4 Å². The van der Waals surface area contributed by atoms with E-state index in [1.807, 2.05) is 6.92 Å². The number of carbonyl (C=O) groups excluding carboxylic acids is 2. The lowest BCUT2D eigenvalue weighted by Crippen LogP contribution is -2.57. The van der Waals surface area contributed by atoms with Crippen LogP contribution in [0.5, 0.6) is 0 Å². The van der Waals surface area contributed by atoms with Crippen LogP contribution >= 0.6 is 0 Å². The van der Waals surface area contributed by atoms with E-state index in [0.717, 1.165) is 37.5 Å². The van der Waals surface area contributed by atoms with E-state index in [0.29, 0.717) is 40.9 Å². The minimum atomic E-state index is 0.186. The molecule has 0 aromatic rings. The first-order chi connectivity index (χ1) is 11.4. The Morgan fingerprint density at radius 3 is 2.71 bits per heavy atom. The summed E-state index contributed by atoms with van der Waals surface area (Å²) in [6, 6.07) is 1.16. The van der Waals surface area contributed by atoms with Crippen LogP contribution < -0.4 is 5.32 Å². The zero-order valence-corrected chi connectivity index (χ0v) is 15.3. The summed E-state index contributed by atoms with van der Waals surface area (Å²) in [5, 5.41) is 3.86. The molecule has 4 aliphatic carbocycles. The molecule has 0 radical (unpaired) electrons. The highest BCUT2D eigenvalue weighted by Crippen LogP contribution is 2.70. The average Bonchev–Trinajstić information content (AvgIpc) is 3.24. The lowest BCUT2D eigenvalue weighted by atomic mass is 9.44. The molecule has 0 aromatic carbocycles. The molecular formula is C21H31NO2. The number of carbonyl (C=O) groups is 2. The van der Waals surface area contributed by atoms with Gasteiger partial charge in [-0.3, -0.25) is 9.59 Å². The summed E-state index contributed by atoms with van der Waals surface area (Å²) in [6.07, 6.45) is 7.59. The van der Waals surface area contributed by atoms with Crippen LogP contribution in [0.1, 0.15) is 65.7 Å². The Morgan fingerprint density at radius 1 is 1.17 bits per heavy atom. The monoisotopic (exact) mass is 329 g/mol. The van der Waals surface area contributed by atoms with E-state index < -0.39 is 0 Å². The Hall–Kier alpha value is -0.700. The van der Waals surface area contributed by atoms with Crippen molar-refractivity contribution in [2.45, 2.75) is 77.8 Å². The highest BCUT2D eigenvalue weighted by molar-refractivity contribution is 5.80. The molecule has 5 rings (SSSR count). The number of rotatable bonds is 1. The number of Topliss-reactive ketones (excluding diaryl/α,β-unsaturated/α-hetero) is 2. The molecule has 1 unspecified atom stereocenters. The highest BCUT2D eigenvalue weighted by Gasteiger charge is 2.72. The van der Waals surface area contributed by atoms with Crippen molar-refractivity contribution in [1.82, 2.24) is 5.32 Å². The fourth-order valence-corrected chi connectivity index (χ4v) is 8.30. The molecule has 1 aliphatic heterocycles. The first-order valence-electron chi connectivity index (χ1n) is 10.2. The van der Waals surface area contributed by atoms with Gasteiger partial charge < -0.3 is 5.32 Å². The first kappa shape index (κ1) is 15.5. The fourth-order valence-electron chi connectivity index (χ4n) is 8.30. The van der Waals surface area contributed by atoms with Crippen LogP contribution in [0.2, 0.25) is 0 Å². The number of ketones is 2. The summed E-state index contributed by atoms with van der Waals surface area (Å²) in [6.45, 7) is 6.73. The van der Waals surface area contributed by atoms with Gasteiger partial charge in [0.25, 0.3) is 0 Å². The lowest BCUT2D eigenvalue weighted by Gasteiger charge is -2.59. The Kier molecular flexibility index (Phi) is 3.06. The Balaban J connectivity index is 1.52. The van der Waals surface area contributed by atoms with Gasteiger partial charge in [-0.25, -0.2) is 0 Å². The van der Waals surface area contributed by atoms with Crippen molar-refractivity contribution < 1.29 is 9.59 Å². The summed E-state index contributed by atoms with van der Waals surface area (Å²) < 4.78 is 0.